The van der Waals surface area contributed by atoms with Crippen LogP contribution >= 0.6 is 43.6 Å². The zero-order valence-corrected chi connectivity index (χ0v) is 11.2. The number of thioether (sulfide) groups is 1. The maximum Gasteiger partial charge on any atom is 0.149 e. The monoisotopic (exact) mass is 336 g/mol. The molecule has 0 bridgehead atoms. The number of thiocyanates is 1. The highest BCUT2D eigenvalue weighted by Gasteiger charge is 2.15. The Kier molecular flexibility index (Phi) is 4.11. The lowest BCUT2D eigenvalue weighted by atomic mass is 10.3. The highest BCUT2D eigenvalue weighted by molar-refractivity contribution is 9.11. The number of halogens is 2. The molecule has 74 valence electrons. The smallest absolute Gasteiger partial charge is 0.149 e. The molecule has 0 unspecified atom stereocenters. The summed E-state index contributed by atoms with van der Waals surface area (Å²) in [4.78, 5) is 0.622. The van der Waals surface area contributed by atoms with Crippen LogP contribution in [0.25, 0.3) is 0 Å². The van der Waals surface area contributed by atoms with Gasteiger partial charge < -0.3 is 10.5 Å². The third-order valence-corrected chi connectivity index (χ3v) is 3.48. The molecule has 0 atom stereocenters. The maximum absolute atomic E-state index is 8.62. The highest BCUT2D eigenvalue weighted by Crippen LogP contribution is 2.43. The average molecular weight is 338 g/mol. The topological polar surface area (TPSA) is 59.0 Å². The molecular formula is C8H6Br2N2OS. The number of nitriles is 1. The SMILES string of the molecule is COc1c(Br)cc(Br)c(N)c1SC#N. The number of hydrogen-bond acceptors (Lipinski definition) is 4. The maximum atomic E-state index is 8.62. The van der Waals surface area contributed by atoms with Gasteiger partial charge in [-0.1, -0.05) is 0 Å². The molecule has 0 spiro atoms. The summed E-state index contributed by atoms with van der Waals surface area (Å²) in [7, 11) is 1.54. The lowest BCUT2D eigenvalue weighted by molar-refractivity contribution is 0.402. The van der Waals surface area contributed by atoms with Gasteiger partial charge in [-0.2, -0.15) is 5.26 Å². The van der Waals surface area contributed by atoms with Crippen LogP contribution in [0.1, 0.15) is 0 Å². The normalized spacial score (nSPS) is 9.57. The summed E-state index contributed by atoms with van der Waals surface area (Å²) in [6, 6.07) is 1.79. The minimum atomic E-state index is 0.511. The molecule has 0 saturated heterocycles. The Morgan fingerprint density at radius 1 is 1.50 bits per heavy atom. The first-order valence-electron chi connectivity index (χ1n) is 3.49. The second-order valence-corrected chi connectivity index (χ2v) is 4.81. The third kappa shape index (κ3) is 2.16. The lowest BCUT2D eigenvalue weighted by Gasteiger charge is -2.11. The number of benzene rings is 1. The predicted molar refractivity (Wildman–Crippen MR) is 64.3 cm³/mol. The van der Waals surface area contributed by atoms with Crippen LogP contribution in [0, 0.1) is 10.7 Å². The van der Waals surface area contributed by atoms with Gasteiger partial charge in [0.15, 0.2) is 0 Å². The summed E-state index contributed by atoms with van der Waals surface area (Å²) < 4.78 is 6.65. The Balaban J connectivity index is 3.41. The highest BCUT2D eigenvalue weighted by atomic mass is 79.9. The number of nitrogens with two attached hydrogens (primary N) is 1. The fourth-order valence-electron chi connectivity index (χ4n) is 0.931. The number of rotatable bonds is 2. The summed E-state index contributed by atoms with van der Waals surface area (Å²) in [5.74, 6) is 0.581. The number of methoxy groups -OCH3 is 1. The molecule has 6 heteroatoms. The van der Waals surface area contributed by atoms with Gasteiger partial charge in [0, 0.05) is 4.47 Å². The van der Waals surface area contributed by atoms with Crippen LogP contribution in [0.15, 0.2) is 19.9 Å². The van der Waals surface area contributed by atoms with E-state index in [4.69, 9.17) is 15.7 Å². The molecule has 0 amide bonds. The second-order valence-electron chi connectivity index (χ2n) is 2.31. The van der Waals surface area contributed by atoms with Gasteiger partial charge in [0.1, 0.15) is 11.2 Å². The number of anilines is 1. The van der Waals surface area contributed by atoms with Gasteiger partial charge in [-0.15, -0.1) is 0 Å². The minimum absolute atomic E-state index is 0.511. The van der Waals surface area contributed by atoms with Crippen LogP contribution in [-0.4, -0.2) is 7.11 Å². The van der Waals surface area contributed by atoms with Gasteiger partial charge in [0.2, 0.25) is 0 Å². The van der Waals surface area contributed by atoms with E-state index in [9.17, 15) is 0 Å². The molecule has 0 fully saturated rings. The zero-order chi connectivity index (χ0) is 10.7. The van der Waals surface area contributed by atoms with Crippen LogP contribution in [0.2, 0.25) is 0 Å². The van der Waals surface area contributed by atoms with Crippen molar-refractivity contribution in [1.82, 2.24) is 0 Å². The molecule has 0 saturated carbocycles. The van der Waals surface area contributed by atoms with Crippen molar-refractivity contribution in [3.05, 3.63) is 15.0 Å². The van der Waals surface area contributed by atoms with Crippen LogP contribution in [0.4, 0.5) is 5.69 Å². The van der Waals surface area contributed by atoms with Gasteiger partial charge in [-0.25, -0.2) is 0 Å². The van der Waals surface area contributed by atoms with E-state index in [0.717, 1.165) is 20.7 Å². The molecule has 3 nitrogen and oxygen atoms in total. The zero-order valence-electron chi connectivity index (χ0n) is 7.17. The summed E-state index contributed by atoms with van der Waals surface area (Å²) in [5, 5.41) is 10.6. The molecule has 1 rings (SSSR count). The molecule has 2 N–H and O–H groups in total. The Labute approximate surface area is 103 Å². The third-order valence-electron chi connectivity index (χ3n) is 1.53. The van der Waals surface area contributed by atoms with E-state index in [1.54, 1.807) is 6.07 Å². The van der Waals surface area contributed by atoms with Crippen molar-refractivity contribution in [3.8, 4) is 11.2 Å². The van der Waals surface area contributed by atoms with E-state index >= 15 is 0 Å². The molecule has 0 heterocycles. The fourth-order valence-corrected chi connectivity index (χ4v) is 3.11. The van der Waals surface area contributed by atoms with Crippen LogP contribution in [0.3, 0.4) is 0 Å². The molecule has 0 radical (unpaired) electrons. The van der Waals surface area contributed by atoms with Crippen LogP contribution < -0.4 is 10.5 Å². The number of nitrogens with zero attached hydrogens (tertiary/aromatic N) is 1. The van der Waals surface area contributed by atoms with E-state index < -0.39 is 0 Å². The standard InChI is InChI=1S/C8H6Br2N2OS/c1-13-7-5(10)2-4(9)6(12)8(7)14-3-11/h2H,12H2,1H3. The first-order valence-corrected chi connectivity index (χ1v) is 5.89. The number of ether oxygens (including phenoxy) is 1. The van der Waals surface area contributed by atoms with Crippen LogP contribution in [-0.2, 0) is 0 Å². The van der Waals surface area contributed by atoms with Gasteiger partial charge >= 0.3 is 0 Å². The Morgan fingerprint density at radius 3 is 2.64 bits per heavy atom. The van der Waals surface area contributed by atoms with Crippen molar-refractivity contribution in [2.45, 2.75) is 4.90 Å². The number of nitrogen functional groups attached to an aromatic ring is 1. The first-order chi connectivity index (χ1) is 6.61. The van der Waals surface area contributed by atoms with Crippen molar-refractivity contribution in [1.29, 1.82) is 5.26 Å². The van der Waals surface area contributed by atoms with E-state index in [2.05, 4.69) is 31.9 Å². The second kappa shape index (κ2) is 4.91. The van der Waals surface area contributed by atoms with Gasteiger partial charge in [0.25, 0.3) is 0 Å². The molecular weight excluding hydrogens is 332 g/mol. The van der Waals surface area contributed by atoms with Crippen molar-refractivity contribution in [3.63, 3.8) is 0 Å². The quantitative estimate of drug-likeness (QED) is 0.510. The van der Waals surface area contributed by atoms with Crippen molar-refractivity contribution < 1.29 is 4.74 Å². The lowest BCUT2D eigenvalue weighted by Crippen LogP contribution is -1.95. The van der Waals surface area contributed by atoms with E-state index in [1.165, 1.54) is 7.11 Å². The Bertz CT molecular complexity index is 403. The predicted octanol–water partition coefficient (Wildman–Crippen LogP) is 3.38. The fraction of sp³-hybridized carbons (Fsp3) is 0.125. The molecule has 0 aliphatic heterocycles. The summed E-state index contributed by atoms with van der Waals surface area (Å²) >= 11 is 7.60. The van der Waals surface area contributed by atoms with E-state index in [0.29, 0.717) is 16.3 Å². The van der Waals surface area contributed by atoms with E-state index in [1.807, 2.05) is 5.40 Å². The molecule has 0 aliphatic rings. The Morgan fingerprint density at radius 2 is 2.14 bits per heavy atom. The average Bonchev–Trinajstić information content (AvgIpc) is 2.14. The summed E-state index contributed by atoms with van der Waals surface area (Å²) in [6.45, 7) is 0. The van der Waals surface area contributed by atoms with Gasteiger partial charge in [-0.05, 0) is 49.7 Å². The summed E-state index contributed by atoms with van der Waals surface area (Å²) in [5.41, 5.74) is 6.31. The molecule has 1 aromatic rings. The largest absolute Gasteiger partial charge is 0.494 e. The molecule has 0 aromatic heterocycles. The van der Waals surface area contributed by atoms with Crippen molar-refractivity contribution >= 4 is 49.3 Å². The number of hydrogen-bond donors (Lipinski definition) is 1. The van der Waals surface area contributed by atoms with E-state index in [-0.39, 0.29) is 0 Å². The van der Waals surface area contributed by atoms with Gasteiger partial charge in [0.05, 0.1) is 22.2 Å². The Hall–Kier alpha value is -0.380. The summed E-state index contributed by atoms with van der Waals surface area (Å²) in [6.07, 6.45) is 0. The first kappa shape index (κ1) is 11.7. The van der Waals surface area contributed by atoms with Gasteiger partial charge in [-0.3, -0.25) is 0 Å². The molecule has 14 heavy (non-hydrogen) atoms. The molecule has 1 aromatic carbocycles. The molecule has 0 aliphatic carbocycles. The minimum Gasteiger partial charge on any atom is -0.494 e. The van der Waals surface area contributed by atoms with Crippen molar-refractivity contribution in [2.24, 2.45) is 0 Å². The van der Waals surface area contributed by atoms with Crippen LogP contribution in [0.5, 0.6) is 5.75 Å². The van der Waals surface area contributed by atoms with Crippen molar-refractivity contribution in [2.75, 3.05) is 12.8 Å².